The van der Waals surface area contributed by atoms with Crippen molar-refractivity contribution in [2.24, 2.45) is 0 Å². The molecule has 16 heavy (non-hydrogen) atoms. The van der Waals surface area contributed by atoms with E-state index >= 15 is 0 Å². The molecular weight excluding hydrogens is 255 g/mol. The number of halogens is 6. The molecule has 7 heteroatoms. The molecule has 0 bridgehead atoms. The molecule has 1 aromatic carbocycles. The van der Waals surface area contributed by atoms with Gasteiger partial charge in [0.05, 0.1) is 0 Å². The van der Waals surface area contributed by atoms with Gasteiger partial charge in [0, 0.05) is 6.42 Å². The lowest BCUT2D eigenvalue weighted by molar-refractivity contribution is -0.203. The van der Waals surface area contributed by atoms with Gasteiger partial charge < -0.3 is 5.11 Å². The summed E-state index contributed by atoms with van der Waals surface area (Å²) in [6.45, 7) is 0. The molecule has 0 fully saturated rings. The zero-order chi connectivity index (χ0) is 12.5. The minimum absolute atomic E-state index is 0.490. The smallest absolute Gasteiger partial charge is 0.383 e. The van der Waals surface area contributed by atoms with E-state index in [4.69, 9.17) is 16.7 Å². The number of aliphatic hydroxyl groups is 1. The Bertz CT molecular complexity index is 390. The summed E-state index contributed by atoms with van der Waals surface area (Å²) in [7, 11) is 0. The van der Waals surface area contributed by atoms with Gasteiger partial charge in [0.1, 0.15) is 16.7 Å². The average molecular weight is 261 g/mol. The molecule has 0 spiro atoms. The normalized spacial score (nSPS) is 13.9. The summed E-state index contributed by atoms with van der Waals surface area (Å²) in [5, 5.41) is 7.81. The van der Waals surface area contributed by atoms with E-state index in [1.807, 2.05) is 0 Å². The van der Waals surface area contributed by atoms with E-state index in [-0.39, 0.29) is 0 Å². The molecule has 1 nitrogen and oxygen atoms in total. The molecule has 1 unspecified atom stereocenters. The topological polar surface area (TPSA) is 20.2 Å². The maximum atomic E-state index is 13.2. The second-order valence-electron chi connectivity index (χ2n) is 3.10. The first-order chi connectivity index (χ1) is 7.23. The molecule has 1 N–H and O–H groups in total. The molecule has 1 aromatic rings. The monoisotopic (exact) mass is 260 g/mol. The fraction of sp³-hybridized carbons (Fsp3) is 0.333. The fourth-order valence-electron chi connectivity index (χ4n) is 1.05. The van der Waals surface area contributed by atoms with Gasteiger partial charge in [-0.3, -0.25) is 0 Å². The number of rotatable bonds is 2. The number of alkyl halides is 3. The van der Waals surface area contributed by atoms with Gasteiger partial charge in [0.25, 0.3) is 0 Å². The Kier molecular flexibility index (Phi) is 3.75. The van der Waals surface area contributed by atoms with Crippen LogP contribution in [0.25, 0.3) is 0 Å². The molecule has 0 aliphatic heterocycles. The van der Waals surface area contributed by atoms with Crippen molar-refractivity contribution < 1.29 is 27.1 Å². The van der Waals surface area contributed by atoms with Gasteiger partial charge in [-0.05, 0) is 11.6 Å². The Labute approximate surface area is 92.5 Å². The van der Waals surface area contributed by atoms with Crippen molar-refractivity contribution in [1.82, 2.24) is 0 Å². The molecule has 0 amide bonds. The van der Waals surface area contributed by atoms with Crippen LogP contribution in [0.3, 0.4) is 0 Å². The van der Waals surface area contributed by atoms with Crippen molar-refractivity contribution in [3.8, 4) is 0 Å². The summed E-state index contributed by atoms with van der Waals surface area (Å²) >= 11 is 5.17. The second kappa shape index (κ2) is 4.55. The second-order valence-corrected chi connectivity index (χ2v) is 3.47. The van der Waals surface area contributed by atoms with Crippen LogP contribution >= 0.6 is 11.6 Å². The Morgan fingerprint density at radius 3 is 2.31 bits per heavy atom. The van der Waals surface area contributed by atoms with Crippen LogP contribution in [0.1, 0.15) is 5.56 Å². The minimum atomic E-state index is -4.85. The van der Waals surface area contributed by atoms with E-state index in [0.717, 1.165) is 12.1 Å². The number of benzene rings is 1. The molecule has 0 aromatic heterocycles. The standard InChI is InChI=1S/C9H6ClF5O/c10-7-5(11)2-1-4(8(7)12)3-6(16)9(13,14)15/h1-2,6,16H,3H2. The first kappa shape index (κ1) is 13.2. The Hall–Kier alpha value is -0.880. The van der Waals surface area contributed by atoms with E-state index in [0.29, 0.717) is 0 Å². The first-order valence-electron chi connectivity index (χ1n) is 4.10. The molecule has 0 radical (unpaired) electrons. The predicted molar refractivity (Wildman–Crippen MR) is 47.1 cm³/mol. The Morgan fingerprint density at radius 1 is 1.25 bits per heavy atom. The van der Waals surface area contributed by atoms with Crippen LogP contribution in [0, 0.1) is 11.6 Å². The highest BCUT2D eigenvalue weighted by molar-refractivity contribution is 6.30. The van der Waals surface area contributed by atoms with Crippen molar-refractivity contribution >= 4 is 11.6 Å². The molecule has 90 valence electrons. The zero-order valence-corrected chi connectivity index (χ0v) is 8.41. The van der Waals surface area contributed by atoms with Crippen LogP contribution in [0.2, 0.25) is 5.02 Å². The third-order valence-electron chi connectivity index (χ3n) is 1.91. The summed E-state index contributed by atoms with van der Waals surface area (Å²) in [6, 6.07) is 1.55. The highest BCUT2D eigenvalue weighted by Gasteiger charge is 2.38. The number of hydrogen-bond acceptors (Lipinski definition) is 1. The van der Waals surface area contributed by atoms with Crippen LogP contribution in [0.4, 0.5) is 22.0 Å². The Morgan fingerprint density at radius 2 is 1.81 bits per heavy atom. The highest BCUT2D eigenvalue weighted by atomic mass is 35.5. The molecule has 0 aliphatic carbocycles. The fourth-order valence-corrected chi connectivity index (χ4v) is 1.23. The van der Waals surface area contributed by atoms with E-state index in [9.17, 15) is 22.0 Å². The van der Waals surface area contributed by atoms with Gasteiger partial charge in [-0.25, -0.2) is 8.78 Å². The van der Waals surface area contributed by atoms with Crippen LogP contribution < -0.4 is 0 Å². The van der Waals surface area contributed by atoms with Gasteiger partial charge in [-0.2, -0.15) is 13.2 Å². The molecule has 1 rings (SSSR count). The van der Waals surface area contributed by atoms with E-state index < -0.39 is 40.9 Å². The molecule has 0 saturated heterocycles. The molecule has 0 heterocycles. The maximum absolute atomic E-state index is 13.2. The zero-order valence-electron chi connectivity index (χ0n) is 7.65. The SMILES string of the molecule is OC(Cc1ccc(F)c(Cl)c1F)C(F)(F)F. The van der Waals surface area contributed by atoms with Crippen molar-refractivity contribution in [3.63, 3.8) is 0 Å². The van der Waals surface area contributed by atoms with Crippen molar-refractivity contribution in [3.05, 3.63) is 34.4 Å². The summed E-state index contributed by atoms with van der Waals surface area (Å²) in [5.74, 6) is -2.35. The largest absolute Gasteiger partial charge is 0.414 e. The summed E-state index contributed by atoms with van der Waals surface area (Å²) in [6.07, 6.45) is -8.56. The van der Waals surface area contributed by atoms with Crippen LogP contribution in [0.5, 0.6) is 0 Å². The lowest BCUT2D eigenvalue weighted by Crippen LogP contribution is -2.30. The van der Waals surface area contributed by atoms with Crippen LogP contribution in [-0.4, -0.2) is 17.4 Å². The number of aliphatic hydroxyl groups excluding tert-OH is 1. The minimum Gasteiger partial charge on any atom is -0.383 e. The highest BCUT2D eigenvalue weighted by Crippen LogP contribution is 2.27. The quantitative estimate of drug-likeness (QED) is 0.640. The molecule has 0 aliphatic rings. The molecule has 0 saturated carbocycles. The van der Waals surface area contributed by atoms with Crippen LogP contribution in [0.15, 0.2) is 12.1 Å². The van der Waals surface area contributed by atoms with Gasteiger partial charge in [-0.1, -0.05) is 17.7 Å². The van der Waals surface area contributed by atoms with Gasteiger partial charge in [0.15, 0.2) is 6.10 Å². The third kappa shape index (κ3) is 2.82. The predicted octanol–water partition coefficient (Wildman–Crippen LogP) is 3.08. The van der Waals surface area contributed by atoms with Crippen molar-refractivity contribution in [2.45, 2.75) is 18.7 Å². The summed E-state index contributed by atoms with van der Waals surface area (Å²) in [5.41, 5.74) is -0.490. The van der Waals surface area contributed by atoms with Crippen LogP contribution in [-0.2, 0) is 6.42 Å². The van der Waals surface area contributed by atoms with E-state index in [1.54, 1.807) is 0 Å². The third-order valence-corrected chi connectivity index (χ3v) is 2.25. The van der Waals surface area contributed by atoms with Gasteiger partial charge in [-0.15, -0.1) is 0 Å². The molecular formula is C9H6ClF5O. The van der Waals surface area contributed by atoms with E-state index in [2.05, 4.69) is 0 Å². The lowest BCUT2D eigenvalue weighted by atomic mass is 10.1. The lowest BCUT2D eigenvalue weighted by Gasteiger charge is -2.15. The maximum Gasteiger partial charge on any atom is 0.414 e. The summed E-state index contributed by atoms with van der Waals surface area (Å²) in [4.78, 5) is 0. The number of hydrogen-bond donors (Lipinski definition) is 1. The first-order valence-corrected chi connectivity index (χ1v) is 4.48. The van der Waals surface area contributed by atoms with Crippen molar-refractivity contribution in [2.75, 3.05) is 0 Å². The Balaban J connectivity index is 2.95. The molecule has 1 atom stereocenters. The average Bonchev–Trinajstić information content (AvgIpc) is 2.17. The van der Waals surface area contributed by atoms with E-state index in [1.165, 1.54) is 0 Å². The van der Waals surface area contributed by atoms with Crippen molar-refractivity contribution in [1.29, 1.82) is 0 Å². The summed E-state index contributed by atoms with van der Waals surface area (Å²) < 4.78 is 61.7. The van der Waals surface area contributed by atoms with Gasteiger partial charge >= 0.3 is 6.18 Å². The van der Waals surface area contributed by atoms with Gasteiger partial charge in [0.2, 0.25) is 0 Å².